The summed E-state index contributed by atoms with van der Waals surface area (Å²) < 4.78 is 45.2. The Morgan fingerprint density at radius 1 is 1.26 bits per heavy atom. The van der Waals surface area contributed by atoms with Gasteiger partial charge in [0, 0.05) is 19.1 Å². The molecule has 2 unspecified atom stereocenters. The van der Waals surface area contributed by atoms with Gasteiger partial charge in [0.1, 0.15) is 0 Å². The van der Waals surface area contributed by atoms with Crippen LogP contribution in [0.5, 0.6) is 0 Å². The van der Waals surface area contributed by atoms with Crippen molar-refractivity contribution in [2.75, 3.05) is 19.7 Å². The summed E-state index contributed by atoms with van der Waals surface area (Å²) in [7, 11) is 0. The maximum Gasteiger partial charge on any atom is 0.194 e. The van der Waals surface area contributed by atoms with E-state index >= 15 is 0 Å². The van der Waals surface area contributed by atoms with Crippen LogP contribution in [-0.2, 0) is 4.74 Å². The first-order valence-corrected chi connectivity index (χ1v) is 6.60. The highest BCUT2D eigenvalue weighted by Crippen LogP contribution is 2.34. The largest absolute Gasteiger partial charge is 0.373 e. The molecule has 1 saturated heterocycles. The minimum atomic E-state index is -1.43. The highest BCUT2D eigenvalue weighted by atomic mass is 19.2. The van der Waals surface area contributed by atoms with Crippen molar-refractivity contribution in [3.63, 3.8) is 0 Å². The fraction of sp³-hybridized carbons (Fsp3) is 0.571. The van der Waals surface area contributed by atoms with E-state index in [9.17, 15) is 13.2 Å². The average molecular weight is 273 g/mol. The number of rotatable bonds is 4. The Morgan fingerprint density at radius 2 is 1.95 bits per heavy atom. The van der Waals surface area contributed by atoms with Crippen LogP contribution in [0.2, 0.25) is 0 Å². The van der Waals surface area contributed by atoms with Crippen molar-refractivity contribution < 1.29 is 17.9 Å². The Hall–Kier alpha value is -1.07. The summed E-state index contributed by atoms with van der Waals surface area (Å²) in [5.41, 5.74) is 0.374. The summed E-state index contributed by atoms with van der Waals surface area (Å²) in [6.07, 6.45) is 1.48. The zero-order chi connectivity index (χ0) is 13.8. The molecule has 0 saturated carbocycles. The molecule has 0 amide bonds. The first-order chi connectivity index (χ1) is 9.13. The summed E-state index contributed by atoms with van der Waals surface area (Å²) in [4.78, 5) is 0. The molecule has 1 aliphatic heterocycles. The highest BCUT2D eigenvalue weighted by Gasteiger charge is 2.28. The van der Waals surface area contributed by atoms with Gasteiger partial charge in [-0.2, -0.15) is 0 Å². The molecule has 1 aliphatic rings. The van der Waals surface area contributed by atoms with E-state index in [2.05, 4.69) is 5.32 Å². The van der Waals surface area contributed by atoms with Crippen LogP contribution in [-0.4, -0.2) is 19.7 Å². The standard InChI is InChI=1S/C14H18F3NO/c1-2-18-8-9-4-3-5-19-14(9)10-6-11(15)13(17)12(16)7-10/h6-7,9,14,18H,2-5,8H2,1H3. The third-order valence-corrected chi connectivity index (χ3v) is 3.44. The van der Waals surface area contributed by atoms with E-state index in [1.165, 1.54) is 0 Å². The first-order valence-electron chi connectivity index (χ1n) is 6.60. The van der Waals surface area contributed by atoms with E-state index in [0.29, 0.717) is 12.2 Å². The molecule has 19 heavy (non-hydrogen) atoms. The molecule has 2 rings (SSSR count). The lowest BCUT2D eigenvalue weighted by molar-refractivity contribution is -0.0280. The van der Waals surface area contributed by atoms with E-state index in [0.717, 1.165) is 38.1 Å². The van der Waals surface area contributed by atoms with Gasteiger partial charge in [-0.15, -0.1) is 0 Å². The smallest absolute Gasteiger partial charge is 0.194 e. The van der Waals surface area contributed by atoms with Gasteiger partial charge in [0.2, 0.25) is 0 Å². The fourth-order valence-electron chi connectivity index (χ4n) is 2.49. The van der Waals surface area contributed by atoms with E-state index in [4.69, 9.17) is 4.74 Å². The zero-order valence-electron chi connectivity index (χ0n) is 10.9. The lowest BCUT2D eigenvalue weighted by Gasteiger charge is -2.32. The summed E-state index contributed by atoms with van der Waals surface area (Å²) >= 11 is 0. The van der Waals surface area contributed by atoms with Crippen LogP contribution < -0.4 is 5.32 Å². The van der Waals surface area contributed by atoms with Crippen molar-refractivity contribution in [2.24, 2.45) is 5.92 Å². The van der Waals surface area contributed by atoms with Crippen LogP contribution in [0.3, 0.4) is 0 Å². The van der Waals surface area contributed by atoms with Crippen LogP contribution in [0.25, 0.3) is 0 Å². The predicted octanol–water partition coefficient (Wildman–Crippen LogP) is 3.18. The van der Waals surface area contributed by atoms with Gasteiger partial charge < -0.3 is 10.1 Å². The molecule has 2 atom stereocenters. The molecule has 5 heteroatoms. The van der Waals surface area contributed by atoms with Crippen LogP contribution in [0.1, 0.15) is 31.4 Å². The molecule has 1 heterocycles. The molecule has 1 aromatic carbocycles. The topological polar surface area (TPSA) is 21.3 Å². The molecule has 106 valence electrons. The normalized spacial score (nSPS) is 23.6. The van der Waals surface area contributed by atoms with Gasteiger partial charge in [-0.1, -0.05) is 6.92 Å². The van der Waals surface area contributed by atoms with Crippen molar-refractivity contribution in [1.82, 2.24) is 5.32 Å². The van der Waals surface area contributed by atoms with Crippen LogP contribution in [0.4, 0.5) is 13.2 Å². The molecule has 1 fully saturated rings. The number of nitrogens with one attached hydrogen (secondary N) is 1. The predicted molar refractivity (Wildman–Crippen MR) is 66.3 cm³/mol. The Labute approximate surface area is 111 Å². The third kappa shape index (κ3) is 3.28. The molecular weight excluding hydrogens is 255 g/mol. The minimum Gasteiger partial charge on any atom is -0.373 e. The van der Waals surface area contributed by atoms with E-state index in [1.54, 1.807) is 0 Å². The fourth-order valence-corrected chi connectivity index (χ4v) is 2.49. The second kappa shape index (κ2) is 6.39. The average Bonchev–Trinajstić information content (AvgIpc) is 2.42. The minimum absolute atomic E-state index is 0.151. The van der Waals surface area contributed by atoms with Gasteiger partial charge in [0.15, 0.2) is 17.5 Å². The van der Waals surface area contributed by atoms with Crippen molar-refractivity contribution in [1.29, 1.82) is 0 Å². The number of halogens is 3. The van der Waals surface area contributed by atoms with Crippen LogP contribution >= 0.6 is 0 Å². The van der Waals surface area contributed by atoms with Gasteiger partial charge >= 0.3 is 0 Å². The third-order valence-electron chi connectivity index (χ3n) is 3.44. The quantitative estimate of drug-likeness (QED) is 0.851. The molecule has 1 N–H and O–H groups in total. The number of benzene rings is 1. The van der Waals surface area contributed by atoms with Gasteiger partial charge in [-0.25, -0.2) is 13.2 Å². The van der Waals surface area contributed by atoms with Crippen LogP contribution in [0, 0.1) is 23.4 Å². The van der Waals surface area contributed by atoms with E-state index in [-0.39, 0.29) is 12.0 Å². The Bertz CT molecular complexity index is 416. The number of hydrogen-bond donors (Lipinski definition) is 1. The van der Waals surface area contributed by atoms with Gasteiger partial charge in [0.05, 0.1) is 6.10 Å². The summed E-state index contributed by atoms with van der Waals surface area (Å²) in [5, 5.41) is 3.22. The molecule has 0 aromatic heterocycles. The summed E-state index contributed by atoms with van der Waals surface area (Å²) in [6.45, 7) is 4.11. The maximum atomic E-state index is 13.3. The van der Waals surface area contributed by atoms with Gasteiger partial charge in [0.25, 0.3) is 0 Å². The van der Waals surface area contributed by atoms with Crippen molar-refractivity contribution in [3.8, 4) is 0 Å². The Morgan fingerprint density at radius 3 is 2.58 bits per heavy atom. The maximum absolute atomic E-state index is 13.3. The number of ether oxygens (including phenoxy) is 1. The molecule has 1 aromatic rings. The molecule has 0 spiro atoms. The summed E-state index contributed by atoms with van der Waals surface area (Å²) in [6, 6.07) is 2.07. The SMILES string of the molecule is CCNCC1CCCOC1c1cc(F)c(F)c(F)c1. The molecular formula is C14H18F3NO. The highest BCUT2D eigenvalue weighted by molar-refractivity contribution is 5.22. The van der Waals surface area contributed by atoms with E-state index in [1.807, 2.05) is 6.92 Å². The molecule has 0 aliphatic carbocycles. The van der Waals surface area contributed by atoms with Crippen molar-refractivity contribution in [2.45, 2.75) is 25.9 Å². The monoisotopic (exact) mass is 273 g/mol. The molecule has 0 radical (unpaired) electrons. The second-order valence-corrected chi connectivity index (χ2v) is 4.80. The zero-order valence-corrected chi connectivity index (χ0v) is 10.9. The van der Waals surface area contributed by atoms with Crippen LogP contribution in [0.15, 0.2) is 12.1 Å². The Balaban J connectivity index is 2.22. The van der Waals surface area contributed by atoms with Gasteiger partial charge in [-0.05, 0) is 37.1 Å². The number of hydrogen-bond acceptors (Lipinski definition) is 2. The lowest BCUT2D eigenvalue weighted by Crippen LogP contribution is -2.32. The van der Waals surface area contributed by atoms with Crippen molar-refractivity contribution >= 4 is 0 Å². The lowest BCUT2D eigenvalue weighted by atomic mass is 9.89. The summed E-state index contributed by atoms with van der Waals surface area (Å²) in [5.74, 6) is -3.60. The molecule has 2 nitrogen and oxygen atoms in total. The van der Waals surface area contributed by atoms with E-state index < -0.39 is 17.5 Å². The second-order valence-electron chi connectivity index (χ2n) is 4.80. The first kappa shape index (κ1) is 14.3. The Kier molecular flexibility index (Phi) is 4.82. The molecule has 0 bridgehead atoms. The van der Waals surface area contributed by atoms with Gasteiger partial charge in [-0.3, -0.25) is 0 Å². The van der Waals surface area contributed by atoms with Crippen molar-refractivity contribution in [3.05, 3.63) is 35.1 Å².